The summed E-state index contributed by atoms with van der Waals surface area (Å²) in [5.74, 6) is 0.990. The molecule has 14 heavy (non-hydrogen) atoms. The van der Waals surface area contributed by atoms with Crippen LogP contribution in [-0.2, 0) is 0 Å². The SMILES string of the molecule is CCC(CC)CCCCCC(C)(C)C. The quantitative estimate of drug-likeness (QED) is 0.479. The molecule has 0 amide bonds. The molecule has 0 bridgehead atoms. The molecule has 0 aromatic rings. The van der Waals surface area contributed by atoms with Crippen molar-refractivity contribution >= 4 is 0 Å². The van der Waals surface area contributed by atoms with Crippen LogP contribution in [-0.4, -0.2) is 0 Å². The first kappa shape index (κ1) is 14.0. The van der Waals surface area contributed by atoms with Gasteiger partial charge in [0.25, 0.3) is 0 Å². The number of hydrogen-bond acceptors (Lipinski definition) is 0. The summed E-state index contributed by atoms with van der Waals surface area (Å²) in [6.45, 7) is 11.7. The van der Waals surface area contributed by atoms with Gasteiger partial charge < -0.3 is 0 Å². The standard InChI is InChI=1S/C14H30/c1-6-13(7-2)11-9-8-10-12-14(3,4)5/h13H,6-12H2,1-5H3. The molecule has 0 unspecified atom stereocenters. The fourth-order valence-electron chi connectivity index (χ4n) is 1.96. The van der Waals surface area contributed by atoms with Crippen LogP contribution < -0.4 is 0 Å². The van der Waals surface area contributed by atoms with Crippen LogP contribution in [0, 0.1) is 11.3 Å². The molecule has 0 saturated heterocycles. The molecular weight excluding hydrogens is 168 g/mol. The van der Waals surface area contributed by atoms with E-state index in [0.717, 1.165) is 5.92 Å². The first-order chi connectivity index (χ1) is 6.49. The third-order valence-corrected chi connectivity index (χ3v) is 3.19. The van der Waals surface area contributed by atoms with Crippen molar-refractivity contribution in [2.45, 2.75) is 79.6 Å². The predicted molar refractivity (Wildman–Crippen MR) is 66.6 cm³/mol. The summed E-state index contributed by atoms with van der Waals surface area (Å²) in [7, 11) is 0. The summed E-state index contributed by atoms with van der Waals surface area (Å²) >= 11 is 0. The summed E-state index contributed by atoms with van der Waals surface area (Å²) in [5.41, 5.74) is 0.537. The first-order valence-electron chi connectivity index (χ1n) is 6.49. The lowest BCUT2D eigenvalue weighted by Gasteiger charge is -2.18. The van der Waals surface area contributed by atoms with E-state index in [1.165, 1.54) is 44.9 Å². The van der Waals surface area contributed by atoms with Crippen LogP contribution in [0.4, 0.5) is 0 Å². The van der Waals surface area contributed by atoms with Gasteiger partial charge in [0.1, 0.15) is 0 Å². The lowest BCUT2D eigenvalue weighted by Crippen LogP contribution is -2.04. The van der Waals surface area contributed by atoms with Gasteiger partial charge in [-0.05, 0) is 17.8 Å². The molecule has 0 spiro atoms. The van der Waals surface area contributed by atoms with Crippen molar-refractivity contribution in [2.75, 3.05) is 0 Å². The minimum absolute atomic E-state index is 0.537. The van der Waals surface area contributed by atoms with Crippen molar-refractivity contribution in [2.24, 2.45) is 11.3 Å². The molecule has 0 heteroatoms. The van der Waals surface area contributed by atoms with Crippen molar-refractivity contribution in [1.82, 2.24) is 0 Å². The van der Waals surface area contributed by atoms with Crippen molar-refractivity contribution in [3.63, 3.8) is 0 Å². The van der Waals surface area contributed by atoms with Gasteiger partial charge in [-0.2, -0.15) is 0 Å². The van der Waals surface area contributed by atoms with Gasteiger partial charge in [0.15, 0.2) is 0 Å². The molecule has 0 aromatic carbocycles. The number of unbranched alkanes of at least 4 members (excludes halogenated alkanes) is 2. The van der Waals surface area contributed by atoms with E-state index in [1.807, 2.05) is 0 Å². The monoisotopic (exact) mass is 198 g/mol. The Balaban J connectivity index is 3.29. The lowest BCUT2D eigenvalue weighted by atomic mass is 9.88. The smallest absolute Gasteiger partial charge is 0.0383 e. The maximum atomic E-state index is 2.34. The van der Waals surface area contributed by atoms with Gasteiger partial charge in [-0.3, -0.25) is 0 Å². The van der Waals surface area contributed by atoms with E-state index in [-0.39, 0.29) is 0 Å². The third-order valence-electron chi connectivity index (χ3n) is 3.19. The Morgan fingerprint density at radius 1 is 0.857 bits per heavy atom. The van der Waals surface area contributed by atoms with E-state index < -0.39 is 0 Å². The van der Waals surface area contributed by atoms with E-state index in [1.54, 1.807) is 0 Å². The molecule has 0 aromatic heterocycles. The number of hydrogen-bond donors (Lipinski definition) is 0. The molecule has 0 aliphatic heterocycles. The average Bonchev–Trinajstić information content (AvgIpc) is 2.09. The van der Waals surface area contributed by atoms with E-state index in [9.17, 15) is 0 Å². The van der Waals surface area contributed by atoms with E-state index in [2.05, 4.69) is 34.6 Å². The summed E-state index contributed by atoms with van der Waals surface area (Å²) in [5, 5.41) is 0. The normalized spacial score (nSPS) is 12.4. The zero-order valence-corrected chi connectivity index (χ0v) is 11.0. The van der Waals surface area contributed by atoms with Gasteiger partial charge in [0.05, 0.1) is 0 Å². The van der Waals surface area contributed by atoms with Crippen LogP contribution in [0.5, 0.6) is 0 Å². The van der Waals surface area contributed by atoms with Gasteiger partial charge in [0, 0.05) is 0 Å². The zero-order valence-electron chi connectivity index (χ0n) is 11.0. The molecule has 0 rings (SSSR count). The maximum Gasteiger partial charge on any atom is -0.0383 e. The molecule has 0 heterocycles. The Morgan fingerprint density at radius 2 is 1.43 bits per heavy atom. The Kier molecular flexibility index (Phi) is 7.31. The van der Waals surface area contributed by atoms with Crippen LogP contribution in [0.25, 0.3) is 0 Å². The zero-order chi connectivity index (χ0) is 11.0. The van der Waals surface area contributed by atoms with Crippen molar-refractivity contribution in [3.05, 3.63) is 0 Å². The Morgan fingerprint density at radius 3 is 1.86 bits per heavy atom. The summed E-state index contributed by atoms with van der Waals surface area (Å²) in [6.07, 6.45) is 9.89. The molecule has 0 aliphatic carbocycles. The minimum Gasteiger partial charge on any atom is -0.0651 e. The molecular formula is C14H30. The Bertz CT molecular complexity index is 114. The minimum atomic E-state index is 0.537. The second-order valence-electron chi connectivity index (χ2n) is 5.84. The maximum absolute atomic E-state index is 2.34. The van der Waals surface area contributed by atoms with Gasteiger partial charge >= 0.3 is 0 Å². The van der Waals surface area contributed by atoms with Gasteiger partial charge in [0.2, 0.25) is 0 Å². The van der Waals surface area contributed by atoms with E-state index in [0.29, 0.717) is 5.41 Å². The molecule has 0 atom stereocenters. The van der Waals surface area contributed by atoms with Crippen molar-refractivity contribution in [1.29, 1.82) is 0 Å². The highest BCUT2D eigenvalue weighted by Crippen LogP contribution is 2.23. The summed E-state index contributed by atoms with van der Waals surface area (Å²) in [6, 6.07) is 0. The molecule has 0 aliphatic rings. The van der Waals surface area contributed by atoms with Gasteiger partial charge in [-0.15, -0.1) is 0 Å². The highest BCUT2D eigenvalue weighted by molar-refractivity contribution is 4.62. The van der Waals surface area contributed by atoms with Gasteiger partial charge in [-0.25, -0.2) is 0 Å². The van der Waals surface area contributed by atoms with Crippen LogP contribution in [0.15, 0.2) is 0 Å². The van der Waals surface area contributed by atoms with Crippen LogP contribution in [0.3, 0.4) is 0 Å². The van der Waals surface area contributed by atoms with E-state index in [4.69, 9.17) is 0 Å². The highest BCUT2D eigenvalue weighted by atomic mass is 14.1. The van der Waals surface area contributed by atoms with Crippen molar-refractivity contribution < 1.29 is 0 Å². The topological polar surface area (TPSA) is 0 Å². The largest absolute Gasteiger partial charge is 0.0651 e. The van der Waals surface area contributed by atoms with Crippen LogP contribution >= 0.6 is 0 Å². The molecule has 0 fully saturated rings. The van der Waals surface area contributed by atoms with Crippen LogP contribution in [0.1, 0.15) is 79.6 Å². The van der Waals surface area contributed by atoms with Crippen molar-refractivity contribution in [3.8, 4) is 0 Å². The molecule has 0 N–H and O–H groups in total. The van der Waals surface area contributed by atoms with E-state index >= 15 is 0 Å². The molecule has 0 saturated carbocycles. The van der Waals surface area contributed by atoms with Gasteiger partial charge in [-0.1, -0.05) is 73.1 Å². The highest BCUT2D eigenvalue weighted by Gasteiger charge is 2.09. The predicted octanol–water partition coefficient (Wildman–Crippen LogP) is 5.42. The summed E-state index contributed by atoms with van der Waals surface area (Å²) in [4.78, 5) is 0. The second-order valence-corrected chi connectivity index (χ2v) is 5.84. The third kappa shape index (κ3) is 8.59. The second kappa shape index (κ2) is 7.31. The Hall–Kier alpha value is 0. The fourth-order valence-corrected chi connectivity index (χ4v) is 1.96. The number of rotatable bonds is 7. The molecule has 0 radical (unpaired) electrons. The van der Waals surface area contributed by atoms with Crippen LogP contribution in [0.2, 0.25) is 0 Å². The average molecular weight is 198 g/mol. The molecule has 86 valence electrons. The summed E-state index contributed by atoms with van der Waals surface area (Å²) < 4.78 is 0. The first-order valence-corrected chi connectivity index (χ1v) is 6.49. The molecule has 0 nitrogen and oxygen atoms in total. The fraction of sp³-hybridized carbons (Fsp3) is 1.00. The Labute approximate surface area is 91.5 Å². The lowest BCUT2D eigenvalue weighted by molar-refractivity contribution is 0.349.